The largest absolute Gasteiger partial charge is 0.494 e. The zero-order valence-corrected chi connectivity index (χ0v) is 15.8. The second-order valence-corrected chi connectivity index (χ2v) is 8.17. The summed E-state index contributed by atoms with van der Waals surface area (Å²) < 4.78 is 43.2. The monoisotopic (exact) mass is 379 g/mol. The zero-order chi connectivity index (χ0) is 19.3. The third-order valence-corrected chi connectivity index (χ3v) is 5.76. The van der Waals surface area contributed by atoms with Crippen LogP contribution in [0.15, 0.2) is 47.4 Å². The molecule has 0 aliphatic carbocycles. The number of carbonyl (C=O) groups is 1. The van der Waals surface area contributed by atoms with Crippen LogP contribution < -0.4 is 10.1 Å². The van der Waals surface area contributed by atoms with Crippen molar-refractivity contribution < 1.29 is 22.3 Å². The molecule has 0 aliphatic rings. The van der Waals surface area contributed by atoms with E-state index in [1.165, 1.54) is 31.4 Å². The molecular formula is C19H22FNO4S. The van der Waals surface area contributed by atoms with E-state index in [1.54, 1.807) is 25.1 Å². The van der Waals surface area contributed by atoms with Crippen LogP contribution in [0.25, 0.3) is 0 Å². The molecule has 1 unspecified atom stereocenters. The van der Waals surface area contributed by atoms with E-state index in [4.69, 9.17) is 4.74 Å². The normalized spacial score (nSPS) is 12.5. The smallest absolute Gasteiger partial charge is 0.221 e. The van der Waals surface area contributed by atoms with Gasteiger partial charge in [0.05, 0.1) is 23.8 Å². The Hall–Kier alpha value is -2.41. The van der Waals surface area contributed by atoms with Crippen molar-refractivity contribution in [2.24, 2.45) is 0 Å². The topological polar surface area (TPSA) is 72.5 Å². The average molecular weight is 379 g/mol. The van der Waals surface area contributed by atoms with Crippen molar-refractivity contribution >= 4 is 15.7 Å². The molecule has 0 fully saturated rings. The minimum absolute atomic E-state index is 0.122. The number of amides is 1. The highest BCUT2D eigenvalue weighted by Gasteiger charge is 2.18. The minimum atomic E-state index is -3.53. The summed E-state index contributed by atoms with van der Waals surface area (Å²) in [5, 5.41) is 2.68. The van der Waals surface area contributed by atoms with E-state index in [0.717, 1.165) is 5.56 Å². The van der Waals surface area contributed by atoms with Crippen molar-refractivity contribution in [1.29, 1.82) is 0 Å². The number of halogens is 1. The number of hydrogen-bond acceptors (Lipinski definition) is 4. The Morgan fingerprint density at radius 3 is 2.42 bits per heavy atom. The Morgan fingerprint density at radius 2 is 1.85 bits per heavy atom. The van der Waals surface area contributed by atoms with E-state index in [9.17, 15) is 17.6 Å². The minimum Gasteiger partial charge on any atom is -0.494 e. The molecule has 0 heterocycles. The number of aryl methyl sites for hydroxylation is 1. The molecule has 2 aromatic rings. The number of nitrogens with one attached hydrogen (secondary N) is 1. The molecule has 0 bridgehead atoms. The highest BCUT2D eigenvalue weighted by Crippen LogP contribution is 2.22. The molecule has 0 aromatic heterocycles. The molecule has 1 atom stereocenters. The van der Waals surface area contributed by atoms with Gasteiger partial charge in [0.25, 0.3) is 0 Å². The molecule has 0 aliphatic heterocycles. The van der Waals surface area contributed by atoms with Crippen LogP contribution in [-0.2, 0) is 14.6 Å². The van der Waals surface area contributed by atoms with Gasteiger partial charge < -0.3 is 10.1 Å². The number of carbonyl (C=O) groups excluding carboxylic acids is 1. The first-order valence-corrected chi connectivity index (χ1v) is 9.80. The Morgan fingerprint density at radius 1 is 1.19 bits per heavy atom. The summed E-state index contributed by atoms with van der Waals surface area (Å²) in [6, 6.07) is 10.5. The van der Waals surface area contributed by atoms with Crippen LogP contribution in [0, 0.1) is 12.7 Å². The summed E-state index contributed by atoms with van der Waals surface area (Å²) in [5.41, 5.74) is 1.53. The fraction of sp³-hybridized carbons (Fsp3) is 0.316. The molecule has 0 saturated heterocycles. The van der Waals surface area contributed by atoms with Gasteiger partial charge in [0.2, 0.25) is 5.91 Å². The first kappa shape index (κ1) is 19.9. The van der Waals surface area contributed by atoms with Gasteiger partial charge in [0, 0.05) is 6.42 Å². The Balaban J connectivity index is 1.95. The molecule has 0 spiro atoms. The summed E-state index contributed by atoms with van der Waals surface area (Å²) in [6.45, 7) is 3.57. The second-order valence-electron chi connectivity index (χ2n) is 6.07. The SMILES string of the molecule is COc1ccc(C(C)NC(=O)CCS(=O)(=O)c2ccc(C)cc2)cc1F. The van der Waals surface area contributed by atoms with E-state index in [2.05, 4.69) is 5.32 Å². The van der Waals surface area contributed by atoms with Gasteiger partial charge in [0.15, 0.2) is 21.4 Å². The summed E-state index contributed by atoms with van der Waals surface area (Å²) in [4.78, 5) is 12.3. The number of sulfone groups is 1. The van der Waals surface area contributed by atoms with Gasteiger partial charge in [0.1, 0.15) is 0 Å². The molecule has 2 aromatic carbocycles. The van der Waals surface area contributed by atoms with Crippen LogP contribution in [0.4, 0.5) is 4.39 Å². The van der Waals surface area contributed by atoms with E-state index in [-0.39, 0.29) is 22.8 Å². The third-order valence-electron chi connectivity index (χ3n) is 4.03. The summed E-state index contributed by atoms with van der Waals surface area (Å²) in [6.07, 6.45) is -0.167. The molecule has 1 amide bonds. The van der Waals surface area contributed by atoms with Crippen LogP contribution in [0.3, 0.4) is 0 Å². The standard InChI is InChI=1S/C19H22FNO4S/c1-13-4-7-16(8-5-13)26(23,24)11-10-19(22)21-14(2)15-6-9-18(25-3)17(20)12-15/h4-9,12,14H,10-11H2,1-3H3,(H,21,22). The maximum absolute atomic E-state index is 13.8. The molecule has 2 rings (SSSR count). The number of rotatable bonds is 7. The van der Waals surface area contributed by atoms with Gasteiger partial charge in [-0.05, 0) is 43.7 Å². The van der Waals surface area contributed by atoms with Crippen LogP contribution in [0.1, 0.15) is 30.5 Å². The molecule has 7 heteroatoms. The Labute approximate surface area is 153 Å². The lowest BCUT2D eigenvalue weighted by molar-refractivity contribution is -0.121. The summed E-state index contributed by atoms with van der Waals surface area (Å²) in [5.74, 6) is -1.10. The lowest BCUT2D eigenvalue weighted by Gasteiger charge is -2.15. The van der Waals surface area contributed by atoms with Crippen molar-refractivity contribution in [3.05, 3.63) is 59.4 Å². The first-order valence-electron chi connectivity index (χ1n) is 8.15. The Bertz CT molecular complexity index is 879. The summed E-state index contributed by atoms with van der Waals surface area (Å²) in [7, 11) is -2.15. The molecule has 140 valence electrons. The van der Waals surface area contributed by atoms with Crippen molar-refractivity contribution in [3.8, 4) is 5.75 Å². The molecule has 5 nitrogen and oxygen atoms in total. The van der Waals surface area contributed by atoms with E-state index in [1.807, 2.05) is 6.92 Å². The molecule has 0 radical (unpaired) electrons. The molecule has 26 heavy (non-hydrogen) atoms. The molecule has 1 N–H and O–H groups in total. The van der Waals surface area contributed by atoms with Crippen molar-refractivity contribution in [2.45, 2.75) is 31.2 Å². The lowest BCUT2D eigenvalue weighted by Crippen LogP contribution is -2.28. The van der Waals surface area contributed by atoms with Gasteiger partial charge in [-0.1, -0.05) is 23.8 Å². The number of ether oxygens (including phenoxy) is 1. The van der Waals surface area contributed by atoms with Crippen LogP contribution in [0.2, 0.25) is 0 Å². The lowest BCUT2D eigenvalue weighted by atomic mass is 10.1. The van der Waals surface area contributed by atoms with Crippen LogP contribution in [0.5, 0.6) is 5.75 Å². The highest BCUT2D eigenvalue weighted by molar-refractivity contribution is 7.91. The van der Waals surface area contributed by atoms with E-state index in [0.29, 0.717) is 5.56 Å². The fourth-order valence-corrected chi connectivity index (χ4v) is 3.68. The van der Waals surface area contributed by atoms with E-state index < -0.39 is 27.6 Å². The van der Waals surface area contributed by atoms with Crippen molar-refractivity contribution in [2.75, 3.05) is 12.9 Å². The summed E-state index contributed by atoms with van der Waals surface area (Å²) >= 11 is 0. The number of methoxy groups -OCH3 is 1. The fourth-order valence-electron chi connectivity index (χ4n) is 2.44. The maximum atomic E-state index is 13.8. The number of benzene rings is 2. The highest BCUT2D eigenvalue weighted by atomic mass is 32.2. The zero-order valence-electron chi connectivity index (χ0n) is 15.0. The quantitative estimate of drug-likeness (QED) is 0.802. The van der Waals surface area contributed by atoms with Gasteiger partial charge in [-0.2, -0.15) is 0 Å². The van der Waals surface area contributed by atoms with Crippen LogP contribution >= 0.6 is 0 Å². The van der Waals surface area contributed by atoms with Gasteiger partial charge in [-0.3, -0.25) is 4.79 Å². The second kappa shape index (κ2) is 8.31. The predicted molar refractivity (Wildman–Crippen MR) is 97.4 cm³/mol. The van der Waals surface area contributed by atoms with Crippen molar-refractivity contribution in [1.82, 2.24) is 5.32 Å². The molecule has 0 saturated carbocycles. The van der Waals surface area contributed by atoms with Crippen molar-refractivity contribution in [3.63, 3.8) is 0 Å². The average Bonchev–Trinajstić information content (AvgIpc) is 2.60. The predicted octanol–water partition coefficient (Wildman–Crippen LogP) is 3.18. The maximum Gasteiger partial charge on any atom is 0.221 e. The van der Waals surface area contributed by atoms with Crippen LogP contribution in [-0.4, -0.2) is 27.2 Å². The third kappa shape index (κ3) is 5.05. The first-order chi connectivity index (χ1) is 12.2. The van der Waals surface area contributed by atoms with Gasteiger partial charge in [-0.15, -0.1) is 0 Å². The van der Waals surface area contributed by atoms with Gasteiger partial charge in [-0.25, -0.2) is 12.8 Å². The number of hydrogen-bond donors (Lipinski definition) is 1. The van der Waals surface area contributed by atoms with E-state index >= 15 is 0 Å². The Kier molecular flexibility index (Phi) is 6.37. The molecular weight excluding hydrogens is 357 g/mol. The van der Waals surface area contributed by atoms with Gasteiger partial charge >= 0.3 is 0 Å².